The highest BCUT2D eigenvalue weighted by Gasteiger charge is 2.34. The van der Waals surface area contributed by atoms with Crippen LogP contribution >= 0.6 is 0 Å². The van der Waals surface area contributed by atoms with E-state index in [1.807, 2.05) is 37.3 Å². The largest absolute Gasteiger partial charge is 0.494 e. The Morgan fingerprint density at radius 1 is 1.03 bits per heavy atom. The Labute approximate surface area is 182 Å². The van der Waals surface area contributed by atoms with Crippen LogP contribution in [0.25, 0.3) is 0 Å². The molecule has 0 aromatic heterocycles. The van der Waals surface area contributed by atoms with Crippen molar-refractivity contribution in [2.24, 2.45) is 0 Å². The SMILES string of the molecule is CCOc1ccc(N2CC(CN3CCC(c4ccc5c(c4)OCO5)CC3)OC2=O)cc1. The molecule has 0 radical (unpaired) electrons. The van der Waals surface area contributed by atoms with Gasteiger partial charge in [0.15, 0.2) is 11.5 Å². The number of piperidine rings is 1. The first-order chi connectivity index (χ1) is 15.2. The van der Waals surface area contributed by atoms with Crippen molar-refractivity contribution >= 4 is 11.8 Å². The summed E-state index contributed by atoms with van der Waals surface area (Å²) in [6.45, 7) is 6.23. The molecular formula is C24H28N2O5. The maximum absolute atomic E-state index is 12.4. The lowest BCUT2D eigenvalue weighted by atomic mass is 9.89. The minimum absolute atomic E-state index is 0.110. The van der Waals surface area contributed by atoms with Crippen LogP contribution in [0.15, 0.2) is 42.5 Å². The maximum Gasteiger partial charge on any atom is 0.414 e. The summed E-state index contributed by atoms with van der Waals surface area (Å²) in [5.41, 5.74) is 2.16. The number of fused-ring (bicyclic) bond motifs is 1. The van der Waals surface area contributed by atoms with E-state index in [9.17, 15) is 4.79 Å². The van der Waals surface area contributed by atoms with Gasteiger partial charge in [0.2, 0.25) is 6.79 Å². The highest BCUT2D eigenvalue weighted by Crippen LogP contribution is 2.37. The van der Waals surface area contributed by atoms with Crippen molar-refractivity contribution in [3.05, 3.63) is 48.0 Å². The maximum atomic E-state index is 12.4. The number of ether oxygens (including phenoxy) is 4. The summed E-state index contributed by atoms with van der Waals surface area (Å²) in [6.07, 6.45) is 1.79. The predicted molar refractivity (Wildman–Crippen MR) is 116 cm³/mol. The molecule has 7 nitrogen and oxygen atoms in total. The molecule has 2 saturated heterocycles. The highest BCUT2D eigenvalue weighted by molar-refractivity contribution is 5.89. The second-order valence-electron chi connectivity index (χ2n) is 8.23. The van der Waals surface area contributed by atoms with Crippen LogP contribution in [-0.2, 0) is 4.74 Å². The van der Waals surface area contributed by atoms with Crippen LogP contribution in [0.4, 0.5) is 10.5 Å². The van der Waals surface area contributed by atoms with Crippen LogP contribution in [0.3, 0.4) is 0 Å². The lowest BCUT2D eigenvalue weighted by Gasteiger charge is -2.33. The summed E-state index contributed by atoms with van der Waals surface area (Å²) in [5.74, 6) is 3.02. The van der Waals surface area contributed by atoms with Crippen LogP contribution in [0.1, 0.15) is 31.2 Å². The average molecular weight is 424 g/mol. The van der Waals surface area contributed by atoms with Gasteiger partial charge in [-0.1, -0.05) is 6.07 Å². The smallest absolute Gasteiger partial charge is 0.414 e. The van der Waals surface area contributed by atoms with Crippen molar-refractivity contribution in [2.75, 3.05) is 44.5 Å². The number of benzene rings is 2. The number of carbonyl (C=O) groups is 1. The quantitative estimate of drug-likeness (QED) is 0.698. The van der Waals surface area contributed by atoms with Crippen LogP contribution < -0.4 is 19.1 Å². The second-order valence-corrected chi connectivity index (χ2v) is 8.23. The first kappa shape index (κ1) is 20.0. The van der Waals surface area contributed by atoms with Crippen LogP contribution in [0.2, 0.25) is 0 Å². The van der Waals surface area contributed by atoms with E-state index >= 15 is 0 Å². The molecule has 2 aromatic rings. The van der Waals surface area contributed by atoms with E-state index in [1.165, 1.54) is 5.56 Å². The number of hydrogen-bond donors (Lipinski definition) is 0. The third-order valence-electron chi connectivity index (χ3n) is 6.25. The standard InChI is InChI=1S/C24H28N2O5/c1-2-28-20-6-4-19(5-7-20)26-15-21(31-24(26)27)14-25-11-9-17(10-12-25)18-3-8-22-23(13-18)30-16-29-22/h3-8,13,17,21H,2,9-12,14-16H2,1H3. The van der Waals surface area contributed by atoms with Gasteiger partial charge in [0.05, 0.1) is 13.2 Å². The summed E-state index contributed by atoms with van der Waals surface area (Å²) >= 11 is 0. The normalized spacial score (nSPS) is 21.4. The Bertz CT molecular complexity index is 924. The number of rotatable bonds is 6. The van der Waals surface area contributed by atoms with Crippen molar-refractivity contribution < 1.29 is 23.7 Å². The zero-order valence-corrected chi connectivity index (χ0v) is 17.8. The molecule has 0 aliphatic carbocycles. The van der Waals surface area contributed by atoms with E-state index in [4.69, 9.17) is 18.9 Å². The first-order valence-corrected chi connectivity index (χ1v) is 11.0. The lowest BCUT2D eigenvalue weighted by molar-refractivity contribution is 0.0976. The molecule has 0 bridgehead atoms. The van der Waals surface area contributed by atoms with E-state index in [1.54, 1.807) is 4.90 Å². The van der Waals surface area contributed by atoms with E-state index in [-0.39, 0.29) is 12.2 Å². The van der Waals surface area contributed by atoms with Gasteiger partial charge in [0.1, 0.15) is 11.9 Å². The monoisotopic (exact) mass is 424 g/mol. The number of carbonyl (C=O) groups excluding carboxylic acids is 1. The van der Waals surface area contributed by atoms with Crippen molar-refractivity contribution in [1.29, 1.82) is 0 Å². The van der Waals surface area contributed by atoms with Crippen molar-refractivity contribution in [3.63, 3.8) is 0 Å². The third-order valence-corrected chi connectivity index (χ3v) is 6.25. The molecule has 1 unspecified atom stereocenters. The van der Waals surface area contributed by atoms with Crippen LogP contribution in [0.5, 0.6) is 17.2 Å². The summed E-state index contributed by atoms with van der Waals surface area (Å²) in [7, 11) is 0. The molecule has 31 heavy (non-hydrogen) atoms. The second kappa shape index (κ2) is 8.67. The van der Waals surface area contributed by atoms with Gasteiger partial charge < -0.3 is 18.9 Å². The lowest BCUT2D eigenvalue weighted by Crippen LogP contribution is -2.39. The molecule has 0 N–H and O–H groups in total. The summed E-state index contributed by atoms with van der Waals surface area (Å²) in [5, 5.41) is 0. The molecule has 2 aromatic carbocycles. The summed E-state index contributed by atoms with van der Waals surface area (Å²) in [4.78, 5) is 16.5. The van der Waals surface area contributed by atoms with E-state index in [0.29, 0.717) is 25.9 Å². The van der Waals surface area contributed by atoms with Crippen molar-refractivity contribution in [2.45, 2.75) is 31.8 Å². The van der Waals surface area contributed by atoms with Gasteiger partial charge in [-0.15, -0.1) is 0 Å². The van der Waals surface area contributed by atoms with E-state index < -0.39 is 0 Å². The molecule has 0 spiro atoms. The molecule has 5 rings (SSSR count). The van der Waals surface area contributed by atoms with Crippen molar-refractivity contribution in [1.82, 2.24) is 4.90 Å². The van der Waals surface area contributed by atoms with Gasteiger partial charge in [-0.3, -0.25) is 9.80 Å². The fourth-order valence-electron chi connectivity index (χ4n) is 4.62. The fourth-order valence-corrected chi connectivity index (χ4v) is 4.62. The van der Waals surface area contributed by atoms with Gasteiger partial charge in [-0.25, -0.2) is 4.79 Å². The number of hydrogen-bond acceptors (Lipinski definition) is 6. The Hall–Kier alpha value is -2.93. The Balaban J connectivity index is 1.13. The van der Waals surface area contributed by atoms with Gasteiger partial charge in [-0.2, -0.15) is 0 Å². The Kier molecular flexibility index (Phi) is 5.59. The number of anilines is 1. The number of cyclic esters (lactones) is 1. The highest BCUT2D eigenvalue weighted by atomic mass is 16.7. The molecule has 1 atom stereocenters. The average Bonchev–Trinajstić information content (AvgIpc) is 3.41. The molecule has 7 heteroatoms. The number of amides is 1. The molecule has 1 amide bonds. The van der Waals surface area contributed by atoms with Crippen LogP contribution in [-0.4, -0.2) is 56.7 Å². The van der Waals surface area contributed by atoms with Crippen LogP contribution in [0, 0.1) is 0 Å². The summed E-state index contributed by atoms with van der Waals surface area (Å²) in [6, 6.07) is 13.9. The topological polar surface area (TPSA) is 60.5 Å². The molecule has 3 heterocycles. The van der Waals surface area contributed by atoms with Gasteiger partial charge in [0.25, 0.3) is 0 Å². The molecular weight excluding hydrogens is 396 g/mol. The first-order valence-electron chi connectivity index (χ1n) is 11.0. The van der Waals surface area contributed by atoms with E-state index in [2.05, 4.69) is 17.0 Å². The zero-order valence-electron chi connectivity index (χ0n) is 17.8. The molecule has 0 saturated carbocycles. The van der Waals surface area contributed by atoms with Gasteiger partial charge in [0, 0.05) is 12.2 Å². The Morgan fingerprint density at radius 2 is 1.81 bits per heavy atom. The van der Waals surface area contributed by atoms with Gasteiger partial charge >= 0.3 is 6.09 Å². The molecule has 3 aliphatic heterocycles. The third kappa shape index (κ3) is 4.28. The van der Waals surface area contributed by atoms with Gasteiger partial charge in [-0.05, 0) is 80.7 Å². The number of nitrogens with zero attached hydrogens (tertiary/aromatic N) is 2. The fraction of sp³-hybridized carbons (Fsp3) is 0.458. The van der Waals surface area contributed by atoms with E-state index in [0.717, 1.165) is 55.4 Å². The predicted octanol–water partition coefficient (Wildman–Crippen LogP) is 4.02. The zero-order chi connectivity index (χ0) is 21.2. The summed E-state index contributed by atoms with van der Waals surface area (Å²) < 4.78 is 22.1. The Morgan fingerprint density at radius 3 is 2.58 bits per heavy atom. The molecule has 3 aliphatic rings. The molecule has 164 valence electrons. The minimum Gasteiger partial charge on any atom is -0.494 e. The minimum atomic E-state index is -0.274. The molecule has 2 fully saturated rings. The number of likely N-dealkylation sites (tertiary alicyclic amines) is 1. The van der Waals surface area contributed by atoms with Crippen molar-refractivity contribution in [3.8, 4) is 17.2 Å².